The molecule has 1 aliphatic heterocycles. The Kier molecular flexibility index (Phi) is 15.2. The van der Waals surface area contributed by atoms with Crippen LogP contribution in [0, 0.1) is 0 Å². The molecule has 0 bridgehead atoms. The Morgan fingerprint density at radius 3 is 1.96 bits per heavy atom. The van der Waals surface area contributed by atoms with Crippen LogP contribution in [0.1, 0.15) is 71.1 Å². The van der Waals surface area contributed by atoms with Gasteiger partial charge < -0.3 is 19.5 Å². The first-order valence-electron chi connectivity index (χ1n) is 9.91. The van der Waals surface area contributed by atoms with Crippen molar-refractivity contribution in [3.63, 3.8) is 0 Å². The van der Waals surface area contributed by atoms with Gasteiger partial charge >= 0.3 is 0 Å². The van der Waals surface area contributed by atoms with Gasteiger partial charge in [-0.15, -0.1) is 0 Å². The predicted molar refractivity (Wildman–Crippen MR) is 96.1 cm³/mol. The van der Waals surface area contributed by atoms with Gasteiger partial charge in [0.05, 0.1) is 32.5 Å². The number of hydrogen-bond donors (Lipinski definition) is 1. The summed E-state index contributed by atoms with van der Waals surface area (Å²) in [5, 5.41) is 3.34. The molecule has 0 aliphatic carbocycles. The number of unbranched alkanes of at least 4 members (excludes halogenated alkanes) is 7. The molecule has 0 unspecified atom stereocenters. The average molecular weight is 330 g/mol. The first kappa shape index (κ1) is 20.9. The quantitative estimate of drug-likeness (QED) is 0.436. The van der Waals surface area contributed by atoms with Crippen molar-refractivity contribution in [1.82, 2.24) is 5.32 Å². The molecule has 0 saturated carbocycles. The second-order valence-corrected chi connectivity index (χ2v) is 6.52. The lowest BCUT2D eigenvalue weighted by Crippen LogP contribution is -2.33. The maximum absolute atomic E-state index is 5.78. The maximum atomic E-state index is 5.78. The number of rotatable bonds is 16. The molecule has 1 aliphatic rings. The fourth-order valence-corrected chi connectivity index (χ4v) is 2.90. The van der Waals surface area contributed by atoms with Gasteiger partial charge in [0.25, 0.3) is 0 Å². The van der Waals surface area contributed by atoms with E-state index in [1.807, 2.05) is 0 Å². The van der Waals surface area contributed by atoms with Crippen LogP contribution in [-0.2, 0) is 14.2 Å². The fourth-order valence-electron chi connectivity index (χ4n) is 2.90. The highest BCUT2D eigenvalue weighted by Gasteiger charge is 2.12. The van der Waals surface area contributed by atoms with Crippen molar-refractivity contribution in [1.29, 1.82) is 0 Å². The molecule has 1 saturated heterocycles. The van der Waals surface area contributed by atoms with Crippen molar-refractivity contribution in [2.75, 3.05) is 46.1 Å². The van der Waals surface area contributed by atoms with E-state index in [4.69, 9.17) is 14.2 Å². The fraction of sp³-hybridized carbons (Fsp3) is 1.00. The lowest BCUT2D eigenvalue weighted by molar-refractivity contribution is -0.0199. The predicted octanol–water partition coefficient (Wildman–Crippen LogP) is 3.93. The SMILES string of the molecule is CCCCCCCCCCOCCOCCOC1CCNCC1. The third-order valence-electron chi connectivity index (χ3n) is 4.38. The molecule has 1 fully saturated rings. The van der Waals surface area contributed by atoms with Gasteiger partial charge in [-0.05, 0) is 32.4 Å². The van der Waals surface area contributed by atoms with E-state index in [9.17, 15) is 0 Å². The van der Waals surface area contributed by atoms with E-state index < -0.39 is 0 Å². The second-order valence-electron chi connectivity index (χ2n) is 6.52. The minimum atomic E-state index is 0.429. The summed E-state index contributed by atoms with van der Waals surface area (Å²) >= 11 is 0. The summed E-state index contributed by atoms with van der Waals surface area (Å²) in [6, 6.07) is 0. The average Bonchev–Trinajstić information content (AvgIpc) is 2.59. The van der Waals surface area contributed by atoms with Crippen molar-refractivity contribution < 1.29 is 14.2 Å². The van der Waals surface area contributed by atoms with E-state index in [-0.39, 0.29) is 0 Å². The number of piperidine rings is 1. The topological polar surface area (TPSA) is 39.7 Å². The molecule has 4 nitrogen and oxygen atoms in total. The van der Waals surface area contributed by atoms with E-state index in [0.717, 1.165) is 32.5 Å². The molecular formula is C19H39NO3. The molecule has 1 heterocycles. The van der Waals surface area contributed by atoms with Gasteiger partial charge in [-0.25, -0.2) is 0 Å². The van der Waals surface area contributed by atoms with Crippen LogP contribution in [0.2, 0.25) is 0 Å². The summed E-state index contributed by atoms with van der Waals surface area (Å²) in [5.74, 6) is 0. The van der Waals surface area contributed by atoms with Crippen LogP contribution >= 0.6 is 0 Å². The standard InChI is InChI=1S/C19H39NO3/c1-2-3-4-5-6-7-8-9-14-21-15-16-22-17-18-23-19-10-12-20-13-11-19/h19-20H,2-18H2,1H3. The van der Waals surface area contributed by atoms with E-state index in [0.29, 0.717) is 32.5 Å². The van der Waals surface area contributed by atoms with Crippen molar-refractivity contribution in [2.45, 2.75) is 77.2 Å². The lowest BCUT2D eigenvalue weighted by Gasteiger charge is -2.22. The van der Waals surface area contributed by atoms with Crippen LogP contribution in [0.15, 0.2) is 0 Å². The molecule has 23 heavy (non-hydrogen) atoms. The Bertz CT molecular complexity index is 233. The smallest absolute Gasteiger partial charge is 0.0704 e. The molecular weight excluding hydrogens is 290 g/mol. The summed E-state index contributed by atoms with van der Waals surface area (Å²) in [6.07, 6.45) is 13.5. The number of ether oxygens (including phenoxy) is 3. The minimum Gasteiger partial charge on any atom is -0.379 e. The molecule has 4 heteroatoms. The Hall–Kier alpha value is -0.160. The molecule has 0 aromatic rings. The minimum absolute atomic E-state index is 0.429. The molecule has 1 rings (SSSR count). The number of hydrogen-bond acceptors (Lipinski definition) is 4. The molecule has 1 N–H and O–H groups in total. The largest absolute Gasteiger partial charge is 0.379 e. The third kappa shape index (κ3) is 13.9. The van der Waals surface area contributed by atoms with Crippen LogP contribution in [0.5, 0.6) is 0 Å². The zero-order valence-electron chi connectivity index (χ0n) is 15.3. The van der Waals surface area contributed by atoms with Gasteiger partial charge in [0, 0.05) is 6.61 Å². The molecule has 0 spiro atoms. The van der Waals surface area contributed by atoms with Gasteiger partial charge in [0.15, 0.2) is 0 Å². The van der Waals surface area contributed by atoms with Crippen LogP contribution in [-0.4, -0.2) is 52.2 Å². The second kappa shape index (κ2) is 16.7. The van der Waals surface area contributed by atoms with E-state index in [1.165, 1.54) is 51.4 Å². The summed E-state index contributed by atoms with van der Waals surface area (Å²) in [4.78, 5) is 0. The van der Waals surface area contributed by atoms with Crippen molar-refractivity contribution >= 4 is 0 Å². The van der Waals surface area contributed by atoms with Crippen LogP contribution in [0.3, 0.4) is 0 Å². The van der Waals surface area contributed by atoms with Crippen molar-refractivity contribution in [3.8, 4) is 0 Å². The summed E-state index contributed by atoms with van der Waals surface area (Å²) in [7, 11) is 0. The molecule has 138 valence electrons. The van der Waals surface area contributed by atoms with E-state index in [2.05, 4.69) is 12.2 Å². The van der Waals surface area contributed by atoms with Gasteiger partial charge in [-0.3, -0.25) is 0 Å². The van der Waals surface area contributed by atoms with Crippen LogP contribution in [0.4, 0.5) is 0 Å². The van der Waals surface area contributed by atoms with Gasteiger partial charge in [-0.2, -0.15) is 0 Å². The zero-order chi connectivity index (χ0) is 16.4. The zero-order valence-corrected chi connectivity index (χ0v) is 15.3. The summed E-state index contributed by atoms with van der Waals surface area (Å²) in [6.45, 7) is 8.10. The molecule has 0 atom stereocenters. The van der Waals surface area contributed by atoms with Gasteiger partial charge in [0.2, 0.25) is 0 Å². The highest BCUT2D eigenvalue weighted by molar-refractivity contribution is 4.67. The molecule has 0 aromatic heterocycles. The molecule has 0 aromatic carbocycles. The molecule has 0 amide bonds. The van der Waals surface area contributed by atoms with Gasteiger partial charge in [-0.1, -0.05) is 51.9 Å². The highest BCUT2D eigenvalue weighted by Crippen LogP contribution is 2.08. The van der Waals surface area contributed by atoms with E-state index >= 15 is 0 Å². The van der Waals surface area contributed by atoms with Gasteiger partial charge in [0.1, 0.15) is 0 Å². The first-order chi connectivity index (χ1) is 11.4. The monoisotopic (exact) mass is 329 g/mol. The Morgan fingerprint density at radius 1 is 0.696 bits per heavy atom. The first-order valence-corrected chi connectivity index (χ1v) is 9.91. The molecule has 0 radical (unpaired) electrons. The summed E-state index contributed by atoms with van der Waals surface area (Å²) < 4.78 is 16.9. The Labute approximate surface area is 143 Å². The maximum Gasteiger partial charge on any atom is 0.0704 e. The highest BCUT2D eigenvalue weighted by atomic mass is 16.5. The Morgan fingerprint density at radius 2 is 1.26 bits per heavy atom. The summed E-state index contributed by atoms with van der Waals surface area (Å²) in [5.41, 5.74) is 0. The Balaban J connectivity index is 1.67. The van der Waals surface area contributed by atoms with Crippen LogP contribution < -0.4 is 5.32 Å². The number of nitrogens with one attached hydrogen (secondary N) is 1. The normalized spacial score (nSPS) is 16.0. The van der Waals surface area contributed by atoms with Crippen molar-refractivity contribution in [2.24, 2.45) is 0 Å². The lowest BCUT2D eigenvalue weighted by atomic mass is 10.1. The third-order valence-corrected chi connectivity index (χ3v) is 4.38. The van der Waals surface area contributed by atoms with E-state index in [1.54, 1.807) is 0 Å². The van der Waals surface area contributed by atoms with Crippen molar-refractivity contribution in [3.05, 3.63) is 0 Å². The van der Waals surface area contributed by atoms with Crippen LogP contribution in [0.25, 0.3) is 0 Å².